The van der Waals surface area contributed by atoms with E-state index in [0.717, 1.165) is 0 Å². The number of pyridine rings is 2. The van der Waals surface area contributed by atoms with Gasteiger partial charge in [-0.05, 0) is 36.7 Å². The molecule has 0 unspecified atom stereocenters. The standard InChI is InChI=1S/C20H16N2O5/c1-2-20(26)14-7-16-17-11(5-10-6-12(23)3-4-15(10)21-17)8-22(16)18(24)13(14)9-27-19(20)25/h3-7,23,26H,2,8-9H2,1H3/t20-/m0/s1/i5T. The molecule has 2 aromatic heterocycles. The predicted molar refractivity (Wildman–Crippen MR) is 96.2 cm³/mol. The zero-order valence-corrected chi connectivity index (χ0v) is 14.4. The van der Waals surface area contributed by atoms with Crippen molar-refractivity contribution in [2.75, 3.05) is 0 Å². The molecule has 2 aliphatic heterocycles. The van der Waals surface area contributed by atoms with Crippen LogP contribution in [0.2, 0.25) is 0 Å². The number of fused-ring (bicyclic) bond motifs is 5. The number of phenolic OH excluding ortho intramolecular Hbond substituents is 1. The molecule has 5 rings (SSSR count). The third kappa shape index (κ3) is 2.03. The lowest BCUT2D eigenvalue weighted by atomic mass is 9.86. The van der Waals surface area contributed by atoms with Crippen LogP contribution in [-0.2, 0) is 28.3 Å². The lowest BCUT2D eigenvalue weighted by Crippen LogP contribution is -2.44. The van der Waals surface area contributed by atoms with E-state index in [0.29, 0.717) is 27.9 Å². The molecule has 4 heterocycles. The first-order valence-corrected chi connectivity index (χ1v) is 8.64. The van der Waals surface area contributed by atoms with Gasteiger partial charge in [-0.2, -0.15) is 0 Å². The first-order valence-electron chi connectivity index (χ1n) is 9.14. The Labute approximate surface area is 154 Å². The van der Waals surface area contributed by atoms with Crippen LogP contribution in [0.5, 0.6) is 5.75 Å². The first kappa shape index (κ1) is 14.9. The number of esters is 1. The van der Waals surface area contributed by atoms with E-state index in [2.05, 4.69) is 4.98 Å². The minimum Gasteiger partial charge on any atom is -0.508 e. The van der Waals surface area contributed by atoms with Crippen LogP contribution in [0.25, 0.3) is 22.3 Å². The number of rotatable bonds is 1. The van der Waals surface area contributed by atoms with Crippen LogP contribution in [0.3, 0.4) is 0 Å². The maximum Gasteiger partial charge on any atom is 0.343 e. The first-order chi connectivity index (χ1) is 13.3. The van der Waals surface area contributed by atoms with E-state index in [1.54, 1.807) is 19.1 Å². The molecule has 2 N–H and O–H groups in total. The molecule has 0 bridgehead atoms. The quantitative estimate of drug-likeness (QED) is 0.498. The molecule has 3 aromatic rings. The summed E-state index contributed by atoms with van der Waals surface area (Å²) in [4.78, 5) is 29.8. The number of hydrogen-bond acceptors (Lipinski definition) is 6. The zero-order chi connectivity index (χ0) is 19.8. The van der Waals surface area contributed by atoms with Gasteiger partial charge in [-0.25, -0.2) is 9.78 Å². The number of carbonyl (C=O) groups is 1. The van der Waals surface area contributed by atoms with Crippen molar-refractivity contribution in [3.8, 4) is 17.1 Å². The van der Waals surface area contributed by atoms with Crippen LogP contribution >= 0.6 is 0 Å². The molecule has 0 saturated carbocycles. The maximum absolute atomic E-state index is 13.1. The molecule has 0 radical (unpaired) electrons. The van der Waals surface area contributed by atoms with Gasteiger partial charge in [-0.15, -0.1) is 0 Å². The number of cyclic esters (lactones) is 1. The fourth-order valence-electron chi connectivity index (χ4n) is 3.87. The largest absolute Gasteiger partial charge is 0.508 e. The number of aromatic nitrogens is 2. The topological polar surface area (TPSA) is 102 Å². The molecule has 0 amide bonds. The van der Waals surface area contributed by atoms with E-state index in [-0.39, 0.29) is 48.1 Å². The molecular formula is C20H16N2O5. The number of carbonyl (C=O) groups excluding carboxylic acids is 1. The third-order valence-corrected chi connectivity index (χ3v) is 5.39. The van der Waals surface area contributed by atoms with Gasteiger partial charge in [0.15, 0.2) is 5.60 Å². The number of benzene rings is 1. The van der Waals surface area contributed by atoms with Crippen LogP contribution in [0.1, 0.15) is 31.4 Å². The molecule has 7 heteroatoms. The zero-order valence-electron chi connectivity index (χ0n) is 15.4. The number of aromatic hydroxyl groups is 1. The van der Waals surface area contributed by atoms with Crippen molar-refractivity contribution in [1.29, 1.82) is 0 Å². The second-order valence-corrected chi connectivity index (χ2v) is 6.87. The van der Waals surface area contributed by atoms with Crippen LogP contribution < -0.4 is 5.56 Å². The van der Waals surface area contributed by atoms with Gasteiger partial charge in [0.1, 0.15) is 12.4 Å². The summed E-state index contributed by atoms with van der Waals surface area (Å²) < 4.78 is 15.1. The van der Waals surface area contributed by atoms with Crippen molar-refractivity contribution in [3.05, 3.63) is 57.4 Å². The van der Waals surface area contributed by atoms with Crippen molar-refractivity contribution in [1.82, 2.24) is 9.55 Å². The van der Waals surface area contributed by atoms with E-state index < -0.39 is 11.6 Å². The smallest absolute Gasteiger partial charge is 0.343 e. The molecule has 136 valence electrons. The average Bonchev–Trinajstić information content (AvgIpc) is 3.05. The molecule has 0 saturated heterocycles. The number of hydrogen-bond donors (Lipinski definition) is 2. The summed E-state index contributed by atoms with van der Waals surface area (Å²) in [6, 6.07) is 6.38. The molecule has 0 spiro atoms. The summed E-state index contributed by atoms with van der Waals surface area (Å²) >= 11 is 0. The number of nitrogens with zero attached hydrogens (tertiary/aromatic N) is 2. The Kier molecular flexibility index (Phi) is 2.86. The summed E-state index contributed by atoms with van der Waals surface area (Å²) in [5, 5.41) is 21.1. The van der Waals surface area contributed by atoms with E-state index in [9.17, 15) is 19.8 Å². The van der Waals surface area contributed by atoms with E-state index in [1.165, 1.54) is 16.7 Å². The average molecular weight is 366 g/mol. The van der Waals surface area contributed by atoms with Crippen molar-refractivity contribution in [2.24, 2.45) is 0 Å². The highest BCUT2D eigenvalue weighted by atomic mass is 16.6. The normalized spacial score (nSPS) is 20.7. The Bertz CT molecular complexity index is 1270. The van der Waals surface area contributed by atoms with E-state index in [4.69, 9.17) is 6.11 Å². The summed E-state index contributed by atoms with van der Waals surface area (Å²) in [5.74, 6) is -0.734. The van der Waals surface area contributed by atoms with Gasteiger partial charge in [0.25, 0.3) is 5.56 Å². The molecule has 0 aliphatic carbocycles. The summed E-state index contributed by atoms with van der Waals surface area (Å²) in [6.07, 6.45) is 0.0721. The van der Waals surface area contributed by atoms with Crippen LogP contribution in [0.15, 0.2) is 35.1 Å². The minimum atomic E-state index is -1.88. The number of aliphatic hydroxyl groups is 1. The highest BCUT2D eigenvalue weighted by Crippen LogP contribution is 2.38. The van der Waals surface area contributed by atoms with Gasteiger partial charge in [-0.1, -0.05) is 6.92 Å². The van der Waals surface area contributed by atoms with E-state index in [1.807, 2.05) is 0 Å². The number of phenols is 1. The monoisotopic (exact) mass is 366 g/mol. The van der Waals surface area contributed by atoms with Crippen molar-refractivity contribution >= 4 is 16.9 Å². The van der Waals surface area contributed by atoms with E-state index >= 15 is 0 Å². The summed E-state index contributed by atoms with van der Waals surface area (Å²) in [5.41, 5.74) is 0.261. The molecular weight excluding hydrogens is 348 g/mol. The van der Waals surface area contributed by atoms with Crippen molar-refractivity contribution in [3.63, 3.8) is 0 Å². The lowest BCUT2D eigenvalue weighted by molar-refractivity contribution is -0.172. The molecule has 0 fully saturated rings. The highest BCUT2D eigenvalue weighted by molar-refractivity contribution is 5.86. The van der Waals surface area contributed by atoms with Gasteiger partial charge in [-0.3, -0.25) is 4.79 Å². The summed E-state index contributed by atoms with van der Waals surface area (Å²) in [7, 11) is 0. The van der Waals surface area contributed by atoms with Gasteiger partial charge < -0.3 is 19.5 Å². The molecule has 27 heavy (non-hydrogen) atoms. The van der Waals surface area contributed by atoms with Crippen LogP contribution in [-0.4, -0.2) is 25.7 Å². The lowest BCUT2D eigenvalue weighted by Gasteiger charge is -2.31. The molecule has 2 aliphatic rings. The maximum atomic E-state index is 13.1. The van der Waals surface area contributed by atoms with Crippen molar-refractivity contribution < 1.29 is 21.1 Å². The molecule has 1 atom stereocenters. The molecule has 1 aromatic carbocycles. The van der Waals surface area contributed by atoms with Crippen molar-refractivity contribution in [2.45, 2.75) is 32.1 Å². The number of ether oxygens (including phenoxy) is 1. The third-order valence-electron chi connectivity index (χ3n) is 5.39. The Morgan fingerprint density at radius 2 is 2.19 bits per heavy atom. The van der Waals surface area contributed by atoms with Gasteiger partial charge in [0, 0.05) is 16.5 Å². The Morgan fingerprint density at radius 1 is 1.37 bits per heavy atom. The molecule has 7 nitrogen and oxygen atoms in total. The Hall–Kier alpha value is -3.19. The second-order valence-electron chi connectivity index (χ2n) is 6.87. The fraction of sp³-hybridized carbons (Fsp3) is 0.250. The predicted octanol–water partition coefficient (Wildman–Crippen LogP) is 1.79. The Morgan fingerprint density at radius 3 is 2.96 bits per heavy atom. The van der Waals surface area contributed by atoms with Crippen LogP contribution in [0.4, 0.5) is 0 Å². The highest BCUT2D eigenvalue weighted by Gasteiger charge is 2.45. The van der Waals surface area contributed by atoms with Gasteiger partial charge >= 0.3 is 5.97 Å². The Balaban J connectivity index is 1.83. The SMILES string of the molecule is [3H]c1c2c(nc3ccc(O)cc13)-c1cc3c(c(=O)n1C2)COC(=O)[C@]3(O)CC. The second kappa shape index (κ2) is 5.17. The fourth-order valence-corrected chi connectivity index (χ4v) is 3.87. The minimum absolute atomic E-state index is 0.0366. The van der Waals surface area contributed by atoms with Gasteiger partial charge in [0.05, 0.1) is 30.4 Å². The summed E-state index contributed by atoms with van der Waals surface area (Å²) in [6.45, 7) is 1.62. The van der Waals surface area contributed by atoms with Crippen LogP contribution in [0, 0.1) is 0 Å². The van der Waals surface area contributed by atoms with Gasteiger partial charge in [0.2, 0.25) is 0 Å².